The van der Waals surface area contributed by atoms with Crippen LogP contribution in [0.25, 0.3) is 0 Å². The Hall–Kier alpha value is -2.10. The van der Waals surface area contributed by atoms with E-state index in [0.717, 1.165) is 6.42 Å². The Kier molecular flexibility index (Phi) is 8.39. The summed E-state index contributed by atoms with van der Waals surface area (Å²) in [4.78, 5) is 23.8. The number of allylic oxidation sites excluding steroid dienone is 1. The van der Waals surface area contributed by atoms with E-state index in [1.807, 2.05) is 24.3 Å². The molecule has 26 heavy (non-hydrogen) atoms. The van der Waals surface area contributed by atoms with Gasteiger partial charge in [-0.05, 0) is 63.1 Å². The van der Waals surface area contributed by atoms with Crippen molar-refractivity contribution in [1.29, 1.82) is 0 Å². The molecule has 4 nitrogen and oxygen atoms in total. The lowest BCUT2D eigenvalue weighted by atomic mass is 9.87. The summed E-state index contributed by atoms with van der Waals surface area (Å²) in [6.07, 6.45) is 10.5. The van der Waals surface area contributed by atoms with Crippen LogP contribution < -0.4 is 4.74 Å². The number of unbranched alkanes of at least 4 members (excludes halogenated alkanes) is 2. The first-order chi connectivity index (χ1) is 12.6. The molecule has 0 aromatic heterocycles. The monoisotopic (exact) mass is 358 g/mol. The van der Waals surface area contributed by atoms with Crippen LogP contribution in [0, 0.1) is 5.92 Å². The molecule has 0 unspecified atom stereocenters. The maximum absolute atomic E-state index is 12.4. The van der Waals surface area contributed by atoms with Crippen molar-refractivity contribution in [3.63, 3.8) is 0 Å². The van der Waals surface area contributed by atoms with E-state index >= 15 is 0 Å². The van der Waals surface area contributed by atoms with Crippen molar-refractivity contribution in [1.82, 2.24) is 0 Å². The van der Waals surface area contributed by atoms with E-state index in [2.05, 4.69) is 6.92 Å². The van der Waals surface area contributed by atoms with Crippen LogP contribution in [0.5, 0.6) is 5.75 Å². The zero-order chi connectivity index (χ0) is 18.8. The van der Waals surface area contributed by atoms with Crippen LogP contribution in [0.2, 0.25) is 0 Å². The Balaban J connectivity index is 1.75. The fourth-order valence-corrected chi connectivity index (χ4v) is 3.26. The molecule has 0 radical (unpaired) electrons. The van der Waals surface area contributed by atoms with Crippen LogP contribution in [0.1, 0.15) is 64.4 Å². The Bertz CT molecular complexity index is 595. The van der Waals surface area contributed by atoms with E-state index < -0.39 is 0 Å². The van der Waals surface area contributed by atoms with Crippen molar-refractivity contribution in [2.45, 2.75) is 71.3 Å². The van der Waals surface area contributed by atoms with Gasteiger partial charge in [-0.1, -0.05) is 38.0 Å². The molecule has 0 amide bonds. The lowest BCUT2D eigenvalue weighted by molar-refractivity contribution is -0.147. The van der Waals surface area contributed by atoms with E-state index in [1.165, 1.54) is 30.9 Å². The van der Waals surface area contributed by atoms with Crippen molar-refractivity contribution in [3.8, 4) is 5.75 Å². The van der Waals surface area contributed by atoms with Crippen LogP contribution in [-0.2, 0) is 20.7 Å². The summed E-state index contributed by atoms with van der Waals surface area (Å²) in [7, 11) is 0. The van der Waals surface area contributed by atoms with Gasteiger partial charge >= 0.3 is 11.9 Å². The maximum atomic E-state index is 12.4. The number of rotatable bonds is 8. The van der Waals surface area contributed by atoms with E-state index in [4.69, 9.17) is 9.47 Å². The third kappa shape index (κ3) is 6.66. The second-order valence-electron chi connectivity index (χ2n) is 6.93. The van der Waals surface area contributed by atoms with Crippen molar-refractivity contribution >= 4 is 11.9 Å². The van der Waals surface area contributed by atoms with Crippen molar-refractivity contribution in [3.05, 3.63) is 42.0 Å². The molecule has 142 valence electrons. The van der Waals surface area contributed by atoms with Gasteiger partial charge < -0.3 is 9.47 Å². The maximum Gasteiger partial charge on any atom is 0.330 e. The molecule has 1 saturated carbocycles. The molecule has 0 saturated heterocycles. The minimum Gasteiger partial charge on any atom is -0.459 e. The summed E-state index contributed by atoms with van der Waals surface area (Å²) in [5.41, 5.74) is 1.28. The van der Waals surface area contributed by atoms with Crippen LogP contribution in [0.4, 0.5) is 0 Å². The normalized spacial score (nSPS) is 20.1. The van der Waals surface area contributed by atoms with Gasteiger partial charge in [0, 0.05) is 6.08 Å². The molecular formula is C22H30O4. The molecule has 0 aliphatic heterocycles. The van der Waals surface area contributed by atoms with Gasteiger partial charge in [0.05, 0.1) is 5.92 Å². The number of benzene rings is 1. The summed E-state index contributed by atoms with van der Waals surface area (Å²) < 4.78 is 10.9. The number of esters is 2. The zero-order valence-electron chi connectivity index (χ0n) is 15.9. The van der Waals surface area contributed by atoms with Gasteiger partial charge in [0.15, 0.2) is 0 Å². The second-order valence-corrected chi connectivity index (χ2v) is 6.93. The largest absolute Gasteiger partial charge is 0.459 e. The fraction of sp³-hybridized carbons (Fsp3) is 0.545. The highest BCUT2D eigenvalue weighted by Crippen LogP contribution is 2.28. The minimum atomic E-state index is -0.308. The summed E-state index contributed by atoms with van der Waals surface area (Å²) in [5.74, 6) is 0.00583. The average molecular weight is 358 g/mol. The Morgan fingerprint density at radius 3 is 2.38 bits per heavy atom. The smallest absolute Gasteiger partial charge is 0.330 e. The van der Waals surface area contributed by atoms with Crippen molar-refractivity contribution < 1.29 is 19.1 Å². The van der Waals surface area contributed by atoms with Crippen LogP contribution in [0.15, 0.2) is 36.4 Å². The average Bonchev–Trinajstić information content (AvgIpc) is 2.64. The number of ether oxygens (including phenoxy) is 2. The second kappa shape index (κ2) is 10.8. The first-order valence-electron chi connectivity index (χ1n) is 9.76. The molecular weight excluding hydrogens is 328 g/mol. The fourth-order valence-electron chi connectivity index (χ4n) is 3.26. The summed E-state index contributed by atoms with van der Waals surface area (Å²) in [5, 5.41) is 0. The molecule has 1 fully saturated rings. The number of carbonyl (C=O) groups excluding carboxylic acids is 2. The predicted octanol–water partition coefficient (Wildman–Crippen LogP) is 5.00. The van der Waals surface area contributed by atoms with Crippen LogP contribution in [0.3, 0.4) is 0 Å². The van der Waals surface area contributed by atoms with Crippen LogP contribution >= 0.6 is 0 Å². The van der Waals surface area contributed by atoms with Crippen LogP contribution in [-0.4, -0.2) is 18.0 Å². The summed E-state index contributed by atoms with van der Waals surface area (Å²) in [6, 6.07) is 7.83. The van der Waals surface area contributed by atoms with E-state index in [-0.39, 0.29) is 24.0 Å². The van der Waals surface area contributed by atoms with Gasteiger partial charge in [-0.25, -0.2) is 4.79 Å². The highest BCUT2D eigenvalue weighted by Gasteiger charge is 2.29. The Labute approximate surface area is 156 Å². The number of hydrogen-bond acceptors (Lipinski definition) is 4. The number of hydrogen-bond donors (Lipinski definition) is 0. The van der Waals surface area contributed by atoms with Gasteiger partial charge in [-0.15, -0.1) is 0 Å². The third-order valence-electron chi connectivity index (χ3n) is 4.80. The molecule has 0 heterocycles. The van der Waals surface area contributed by atoms with Crippen molar-refractivity contribution in [2.24, 2.45) is 5.92 Å². The number of aryl methyl sites for hydroxylation is 1. The zero-order valence-corrected chi connectivity index (χ0v) is 15.9. The molecule has 0 spiro atoms. The van der Waals surface area contributed by atoms with Gasteiger partial charge in [0.2, 0.25) is 0 Å². The molecule has 0 bridgehead atoms. The molecule has 1 aliphatic rings. The minimum absolute atomic E-state index is 0.0924. The molecule has 4 heteroatoms. The molecule has 0 N–H and O–H groups in total. The van der Waals surface area contributed by atoms with Gasteiger partial charge in [0.25, 0.3) is 0 Å². The van der Waals surface area contributed by atoms with Crippen molar-refractivity contribution in [2.75, 3.05) is 0 Å². The summed E-state index contributed by atoms with van der Waals surface area (Å²) in [6.45, 7) is 3.98. The third-order valence-corrected chi connectivity index (χ3v) is 4.80. The van der Waals surface area contributed by atoms with Gasteiger partial charge in [-0.3, -0.25) is 4.79 Å². The SMILES string of the molecule is CC=CC(=O)OC1CCC(C(=O)Oc2ccc(CCCCC)cc2)CC1. The van der Waals surface area contributed by atoms with E-state index in [0.29, 0.717) is 31.4 Å². The lowest BCUT2D eigenvalue weighted by Crippen LogP contribution is -2.29. The molecule has 1 aliphatic carbocycles. The van der Waals surface area contributed by atoms with E-state index in [1.54, 1.807) is 13.0 Å². The topological polar surface area (TPSA) is 52.6 Å². The first kappa shape index (κ1) is 20.2. The molecule has 1 aromatic carbocycles. The van der Waals surface area contributed by atoms with E-state index in [9.17, 15) is 9.59 Å². The quantitative estimate of drug-likeness (QED) is 0.284. The number of carbonyl (C=O) groups is 2. The van der Waals surface area contributed by atoms with Gasteiger partial charge in [-0.2, -0.15) is 0 Å². The summed E-state index contributed by atoms with van der Waals surface area (Å²) >= 11 is 0. The lowest BCUT2D eigenvalue weighted by Gasteiger charge is -2.26. The molecule has 1 aromatic rings. The Morgan fingerprint density at radius 2 is 1.77 bits per heavy atom. The Morgan fingerprint density at radius 1 is 1.08 bits per heavy atom. The molecule has 2 rings (SSSR count). The molecule has 0 atom stereocenters. The van der Waals surface area contributed by atoms with Gasteiger partial charge in [0.1, 0.15) is 11.9 Å². The predicted molar refractivity (Wildman–Crippen MR) is 102 cm³/mol. The first-order valence-corrected chi connectivity index (χ1v) is 9.76. The highest BCUT2D eigenvalue weighted by atomic mass is 16.5. The highest BCUT2D eigenvalue weighted by molar-refractivity contribution is 5.82. The standard InChI is InChI=1S/C22H30O4/c1-3-5-6-8-17-9-13-20(14-10-17)26-22(24)18-11-15-19(16-12-18)25-21(23)7-4-2/h4,7,9-10,13-14,18-19H,3,5-6,8,11-12,15-16H2,1-2H3.